The highest BCUT2D eigenvalue weighted by Gasteiger charge is 1.97. The van der Waals surface area contributed by atoms with Crippen LogP contribution in [0.2, 0.25) is 0 Å². The Labute approximate surface area is 92.8 Å². The van der Waals surface area contributed by atoms with E-state index >= 15 is 0 Å². The third kappa shape index (κ3) is 11.2. The SMILES string of the molecule is CCNCCCCCCOC(=O)NCC. The maximum atomic E-state index is 10.9. The summed E-state index contributed by atoms with van der Waals surface area (Å²) in [5, 5.41) is 5.87. The Morgan fingerprint density at radius 3 is 2.47 bits per heavy atom. The Morgan fingerprint density at radius 1 is 1.07 bits per heavy atom. The molecule has 0 aromatic carbocycles. The number of hydrogen-bond acceptors (Lipinski definition) is 3. The molecule has 2 N–H and O–H groups in total. The number of unbranched alkanes of at least 4 members (excludes halogenated alkanes) is 3. The second-order valence-electron chi connectivity index (χ2n) is 3.43. The minimum Gasteiger partial charge on any atom is -0.450 e. The van der Waals surface area contributed by atoms with E-state index in [-0.39, 0.29) is 6.09 Å². The van der Waals surface area contributed by atoms with E-state index in [9.17, 15) is 4.79 Å². The van der Waals surface area contributed by atoms with Crippen LogP contribution in [0.5, 0.6) is 0 Å². The van der Waals surface area contributed by atoms with Gasteiger partial charge in [-0.2, -0.15) is 0 Å². The van der Waals surface area contributed by atoms with Crippen molar-refractivity contribution in [2.75, 3.05) is 26.2 Å². The third-order valence-corrected chi connectivity index (χ3v) is 2.05. The Kier molecular flexibility index (Phi) is 10.7. The fourth-order valence-electron chi connectivity index (χ4n) is 1.24. The molecule has 0 aliphatic rings. The highest BCUT2D eigenvalue weighted by molar-refractivity contribution is 5.66. The second-order valence-corrected chi connectivity index (χ2v) is 3.43. The van der Waals surface area contributed by atoms with Gasteiger partial charge in [-0.05, 0) is 32.9 Å². The molecule has 0 aliphatic heterocycles. The largest absolute Gasteiger partial charge is 0.450 e. The monoisotopic (exact) mass is 216 g/mol. The second kappa shape index (κ2) is 11.3. The van der Waals surface area contributed by atoms with Crippen molar-refractivity contribution in [2.24, 2.45) is 0 Å². The molecule has 0 saturated heterocycles. The third-order valence-electron chi connectivity index (χ3n) is 2.05. The van der Waals surface area contributed by atoms with Crippen LogP contribution in [0.4, 0.5) is 4.79 Å². The zero-order valence-electron chi connectivity index (χ0n) is 9.97. The van der Waals surface area contributed by atoms with Gasteiger partial charge >= 0.3 is 6.09 Å². The molecule has 15 heavy (non-hydrogen) atoms. The summed E-state index contributed by atoms with van der Waals surface area (Å²) < 4.78 is 4.94. The molecule has 0 rings (SSSR count). The van der Waals surface area contributed by atoms with Crippen LogP contribution in [0.15, 0.2) is 0 Å². The fourth-order valence-corrected chi connectivity index (χ4v) is 1.24. The van der Waals surface area contributed by atoms with Gasteiger partial charge in [-0.25, -0.2) is 4.79 Å². The first-order chi connectivity index (χ1) is 7.31. The molecule has 0 aromatic rings. The van der Waals surface area contributed by atoms with E-state index in [0.717, 1.165) is 25.9 Å². The van der Waals surface area contributed by atoms with Crippen molar-refractivity contribution in [3.05, 3.63) is 0 Å². The van der Waals surface area contributed by atoms with Gasteiger partial charge in [0.15, 0.2) is 0 Å². The van der Waals surface area contributed by atoms with Crippen molar-refractivity contribution in [2.45, 2.75) is 39.5 Å². The van der Waals surface area contributed by atoms with Crippen LogP contribution in [0.1, 0.15) is 39.5 Å². The van der Waals surface area contributed by atoms with Crippen molar-refractivity contribution in [3.63, 3.8) is 0 Å². The molecule has 0 bridgehead atoms. The molecule has 0 heterocycles. The quantitative estimate of drug-likeness (QED) is 0.579. The summed E-state index contributed by atoms with van der Waals surface area (Å²) in [7, 11) is 0. The highest BCUT2D eigenvalue weighted by Crippen LogP contribution is 1.99. The van der Waals surface area contributed by atoms with Crippen LogP contribution in [-0.2, 0) is 4.74 Å². The molecular formula is C11H24N2O2. The first-order valence-corrected chi connectivity index (χ1v) is 5.92. The van der Waals surface area contributed by atoms with E-state index in [2.05, 4.69) is 17.6 Å². The average molecular weight is 216 g/mol. The lowest BCUT2D eigenvalue weighted by Crippen LogP contribution is -2.23. The number of hydrogen-bond donors (Lipinski definition) is 2. The van der Waals surface area contributed by atoms with Crippen molar-refractivity contribution in [3.8, 4) is 0 Å². The van der Waals surface area contributed by atoms with E-state index in [1.807, 2.05) is 6.92 Å². The highest BCUT2D eigenvalue weighted by atomic mass is 16.5. The molecule has 0 spiro atoms. The minimum atomic E-state index is -0.301. The zero-order valence-corrected chi connectivity index (χ0v) is 9.97. The van der Waals surface area contributed by atoms with Gasteiger partial charge in [-0.1, -0.05) is 19.8 Å². The lowest BCUT2D eigenvalue weighted by molar-refractivity contribution is 0.144. The van der Waals surface area contributed by atoms with Crippen LogP contribution in [0.3, 0.4) is 0 Å². The predicted molar refractivity (Wildman–Crippen MR) is 62.0 cm³/mol. The van der Waals surface area contributed by atoms with E-state index < -0.39 is 0 Å². The number of carbonyl (C=O) groups is 1. The molecule has 4 heteroatoms. The fraction of sp³-hybridized carbons (Fsp3) is 0.909. The van der Waals surface area contributed by atoms with E-state index in [1.54, 1.807) is 0 Å². The smallest absolute Gasteiger partial charge is 0.407 e. The first kappa shape index (κ1) is 14.2. The summed E-state index contributed by atoms with van der Waals surface area (Å²) in [5.41, 5.74) is 0. The molecule has 0 atom stereocenters. The maximum absolute atomic E-state index is 10.9. The summed E-state index contributed by atoms with van der Waals surface area (Å²) >= 11 is 0. The van der Waals surface area contributed by atoms with Crippen molar-refractivity contribution < 1.29 is 9.53 Å². The summed E-state index contributed by atoms with van der Waals surface area (Å²) in [6.07, 6.45) is 4.19. The number of nitrogens with one attached hydrogen (secondary N) is 2. The number of rotatable bonds is 9. The van der Waals surface area contributed by atoms with Gasteiger partial charge in [-0.15, -0.1) is 0 Å². The molecule has 0 aliphatic carbocycles. The van der Waals surface area contributed by atoms with Gasteiger partial charge < -0.3 is 15.4 Å². The standard InChI is InChI=1S/C11H24N2O2/c1-3-12-9-7-5-6-8-10-15-11(14)13-4-2/h12H,3-10H2,1-2H3,(H,13,14). The molecule has 0 saturated carbocycles. The van der Waals surface area contributed by atoms with Gasteiger partial charge in [-0.3, -0.25) is 0 Å². The van der Waals surface area contributed by atoms with Crippen LogP contribution in [0.25, 0.3) is 0 Å². The van der Waals surface area contributed by atoms with E-state index in [0.29, 0.717) is 13.2 Å². The zero-order chi connectivity index (χ0) is 11.4. The van der Waals surface area contributed by atoms with Crippen LogP contribution >= 0.6 is 0 Å². The molecule has 1 amide bonds. The van der Waals surface area contributed by atoms with Crippen LogP contribution < -0.4 is 10.6 Å². The molecule has 90 valence electrons. The Hall–Kier alpha value is -0.770. The molecule has 0 aromatic heterocycles. The molecule has 4 nitrogen and oxygen atoms in total. The van der Waals surface area contributed by atoms with Gasteiger partial charge in [0.25, 0.3) is 0 Å². The summed E-state index contributed by atoms with van der Waals surface area (Å²) in [5.74, 6) is 0. The maximum Gasteiger partial charge on any atom is 0.407 e. The molecule has 0 unspecified atom stereocenters. The molecule has 0 fully saturated rings. The van der Waals surface area contributed by atoms with Crippen molar-refractivity contribution >= 4 is 6.09 Å². The Balaban J connectivity index is 3.01. The summed E-state index contributed by atoms with van der Waals surface area (Å²) in [6.45, 7) is 7.28. The minimum absolute atomic E-state index is 0.301. The van der Waals surface area contributed by atoms with Crippen LogP contribution in [0, 0.1) is 0 Å². The van der Waals surface area contributed by atoms with Gasteiger partial charge in [0.1, 0.15) is 0 Å². The predicted octanol–water partition coefficient (Wildman–Crippen LogP) is 1.90. The number of alkyl carbamates (subject to hydrolysis) is 1. The lowest BCUT2D eigenvalue weighted by atomic mass is 10.2. The van der Waals surface area contributed by atoms with Gasteiger partial charge in [0, 0.05) is 6.54 Å². The van der Waals surface area contributed by atoms with E-state index in [4.69, 9.17) is 4.74 Å². The Bertz CT molecular complexity index is 152. The normalized spacial score (nSPS) is 10.0. The number of amides is 1. The van der Waals surface area contributed by atoms with E-state index in [1.165, 1.54) is 12.8 Å². The van der Waals surface area contributed by atoms with Crippen molar-refractivity contribution in [1.82, 2.24) is 10.6 Å². The van der Waals surface area contributed by atoms with Gasteiger partial charge in [0.2, 0.25) is 0 Å². The lowest BCUT2D eigenvalue weighted by Gasteiger charge is -2.05. The van der Waals surface area contributed by atoms with Crippen LogP contribution in [-0.4, -0.2) is 32.3 Å². The van der Waals surface area contributed by atoms with Gasteiger partial charge in [0.05, 0.1) is 6.61 Å². The summed E-state index contributed by atoms with van der Waals surface area (Å²) in [6, 6.07) is 0. The Morgan fingerprint density at radius 2 is 1.80 bits per heavy atom. The van der Waals surface area contributed by atoms with Crippen molar-refractivity contribution in [1.29, 1.82) is 0 Å². The topological polar surface area (TPSA) is 50.4 Å². The molecule has 0 radical (unpaired) electrons. The summed E-state index contributed by atoms with van der Waals surface area (Å²) in [4.78, 5) is 10.9. The number of carbonyl (C=O) groups excluding carboxylic acids is 1. The first-order valence-electron chi connectivity index (χ1n) is 5.92. The number of ether oxygens (including phenoxy) is 1. The molecular weight excluding hydrogens is 192 g/mol. The average Bonchev–Trinajstić information content (AvgIpc) is 2.22.